The van der Waals surface area contributed by atoms with E-state index in [0.717, 1.165) is 11.5 Å². The molecule has 2 nitrogen and oxygen atoms in total. The summed E-state index contributed by atoms with van der Waals surface area (Å²) in [7, 11) is 0. The van der Waals surface area contributed by atoms with Crippen LogP contribution in [-0.2, 0) is 10.8 Å². The van der Waals surface area contributed by atoms with E-state index in [-0.39, 0.29) is 10.8 Å². The van der Waals surface area contributed by atoms with E-state index in [1.54, 1.807) is 22.7 Å². The van der Waals surface area contributed by atoms with Gasteiger partial charge in [-0.05, 0) is 76.6 Å². The fraction of sp³-hybridized carbons (Fsp3) is 0.455. The van der Waals surface area contributed by atoms with E-state index >= 15 is 0 Å². The second-order valence-corrected chi connectivity index (χ2v) is 10.4. The van der Waals surface area contributed by atoms with E-state index in [1.807, 2.05) is 25.2 Å². The average Bonchev–Trinajstić information content (AvgIpc) is 3.36. The summed E-state index contributed by atoms with van der Waals surface area (Å²) in [6.07, 6.45) is 0. The number of hydrogen-bond donors (Lipinski definition) is 0. The molecule has 0 N–H and O–H groups in total. The first-order valence-electron chi connectivity index (χ1n) is 9.34. The van der Waals surface area contributed by atoms with Gasteiger partial charge >= 0.3 is 0 Å². The summed E-state index contributed by atoms with van der Waals surface area (Å²) in [6.45, 7) is 14.6. The van der Waals surface area contributed by atoms with Gasteiger partial charge in [-0.1, -0.05) is 0 Å². The van der Waals surface area contributed by atoms with Gasteiger partial charge < -0.3 is 9.47 Å². The molecule has 0 spiro atoms. The summed E-state index contributed by atoms with van der Waals surface area (Å²) in [5.41, 5.74) is -0.147. The Balaban J connectivity index is 1.95. The number of thiophene rings is 3. The minimum atomic E-state index is -0.0735. The molecule has 0 aromatic carbocycles. The molecule has 0 saturated heterocycles. The molecule has 146 valence electrons. The smallest absolute Gasteiger partial charge is 0.134 e. The lowest BCUT2D eigenvalue weighted by Gasteiger charge is -2.25. The van der Waals surface area contributed by atoms with Crippen molar-refractivity contribution in [3.8, 4) is 11.5 Å². The van der Waals surface area contributed by atoms with E-state index < -0.39 is 0 Å². The molecule has 0 amide bonds. The van der Waals surface area contributed by atoms with Gasteiger partial charge in [0.25, 0.3) is 0 Å². The highest BCUT2D eigenvalue weighted by molar-refractivity contribution is 7.14. The standard InChI is InChI=1S/C22H28O2S3/c1-7-23-15-11-13-25-19(15)21(3,4)17-9-10-18(27-17)22(5,6)20-16(24-8-2)12-14-26-20/h9-14H,7-8H2,1-6H3. The van der Waals surface area contributed by atoms with Gasteiger partial charge in [-0.2, -0.15) is 0 Å². The zero-order valence-electron chi connectivity index (χ0n) is 16.9. The van der Waals surface area contributed by atoms with Crippen LogP contribution in [-0.4, -0.2) is 13.2 Å². The van der Waals surface area contributed by atoms with E-state index in [0.29, 0.717) is 13.2 Å². The quantitative estimate of drug-likeness (QED) is 0.380. The Morgan fingerprint density at radius 3 is 1.48 bits per heavy atom. The second-order valence-electron chi connectivity index (χ2n) is 7.51. The Labute approximate surface area is 174 Å². The lowest BCUT2D eigenvalue weighted by atomic mass is 9.87. The van der Waals surface area contributed by atoms with Crippen molar-refractivity contribution in [3.63, 3.8) is 0 Å². The third-order valence-corrected chi connectivity index (χ3v) is 9.00. The molecule has 0 aliphatic heterocycles. The molecule has 3 rings (SSSR count). The van der Waals surface area contributed by atoms with Crippen LogP contribution in [0, 0.1) is 0 Å². The van der Waals surface area contributed by atoms with Crippen LogP contribution in [0.4, 0.5) is 0 Å². The van der Waals surface area contributed by atoms with Crippen molar-refractivity contribution in [2.75, 3.05) is 13.2 Å². The van der Waals surface area contributed by atoms with Gasteiger partial charge in [-0.3, -0.25) is 0 Å². The van der Waals surface area contributed by atoms with Crippen LogP contribution >= 0.6 is 34.0 Å². The van der Waals surface area contributed by atoms with Crippen molar-refractivity contribution in [2.45, 2.75) is 52.4 Å². The molecule has 3 heterocycles. The average molecular weight is 421 g/mol. The highest BCUT2D eigenvalue weighted by Crippen LogP contribution is 2.48. The molecule has 0 unspecified atom stereocenters. The Bertz CT molecular complexity index is 812. The third kappa shape index (κ3) is 3.82. The highest BCUT2D eigenvalue weighted by Gasteiger charge is 2.34. The van der Waals surface area contributed by atoms with Gasteiger partial charge in [0.2, 0.25) is 0 Å². The van der Waals surface area contributed by atoms with Gasteiger partial charge in [0.05, 0.1) is 23.0 Å². The summed E-state index contributed by atoms with van der Waals surface area (Å²) < 4.78 is 11.7. The summed E-state index contributed by atoms with van der Waals surface area (Å²) in [5.74, 6) is 2.03. The molecule has 5 heteroatoms. The van der Waals surface area contributed by atoms with Crippen LogP contribution in [0.5, 0.6) is 11.5 Å². The van der Waals surface area contributed by atoms with Crippen LogP contribution in [0.25, 0.3) is 0 Å². The maximum Gasteiger partial charge on any atom is 0.134 e. The molecule has 0 aliphatic rings. The van der Waals surface area contributed by atoms with E-state index in [4.69, 9.17) is 9.47 Å². The molecular formula is C22H28O2S3. The first kappa shape index (κ1) is 20.4. The molecule has 0 bridgehead atoms. The van der Waals surface area contributed by atoms with Crippen molar-refractivity contribution in [3.05, 3.63) is 54.5 Å². The predicted molar refractivity (Wildman–Crippen MR) is 120 cm³/mol. The molecule has 27 heavy (non-hydrogen) atoms. The summed E-state index contributed by atoms with van der Waals surface area (Å²) >= 11 is 5.46. The van der Waals surface area contributed by atoms with Gasteiger partial charge in [-0.25, -0.2) is 0 Å². The largest absolute Gasteiger partial charge is 0.493 e. The topological polar surface area (TPSA) is 18.5 Å². The van der Waals surface area contributed by atoms with Crippen LogP contribution in [0.2, 0.25) is 0 Å². The van der Waals surface area contributed by atoms with Crippen LogP contribution < -0.4 is 9.47 Å². The molecule has 0 aliphatic carbocycles. The Morgan fingerprint density at radius 1 is 0.704 bits per heavy atom. The van der Waals surface area contributed by atoms with Gasteiger partial charge in [0, 0.05) is 20.6 Å². The zero-order chi connectivity index (χ0) is 19.7. The van der Waals surface area contributed by atoms with Crippen LogP contribution in [0.1, 0.15) is 61.1 Å². The summed E-state index contributed by atoms with van der Waals surface area (Å²) in [6, 6.07) is 8.74. The second kappa shape index (κ2) is 7.98. The molecular weight excluding hydrogens is 392 g/mol. The van der Waals surface area contributed by atoms with Crippen LogP contribution in [0.15, 0.2) is 35.0 Å². The van der Waals surface area contributed by atoms with Crippen molar-refractivity contribution < 1.29 is 9.47 Å². The number of ether oxygens (including phenoxy) is 2. The maximum atomic E-state index is 5.86. The fourth-order valence-corrected chi connectivity index (χ4v) is 6.58. The summed E-state index contributed by atoms with van der Waals surface area (Å²) in [4.78, 5) is 5.32. The van der Waals surface area contributed by atoms with Gasteiger partial charge in [0.15, 0.2) is 0 Å². The monoisotopic (exact) mass is 420 g/mol. The van der Waals surface area contributed by atoms with E-state index in [1.165, 1.54) is 19.5 Å². The van der Waals surface area contributed by atoms with Gasteiger partial charge in [-0.15, -0.1) is 34.0 Å². The lowest BCUT2D eigenvalue weighted by molar-refractivity contribution is 0.334. The lowest BCUT2D eigenvalue weighted by Crippen LogP contribution is -2.18. The van der Waals surface area contributed by atoms with E-state index in [9.17, 15) is 0 Å². The Kier molecular flexibility index (Phi) is 6.04. The number of hydrogen-bond acceptors (Lipinski definition) is 5. The molecule has 0 radical (unpaired) electrons. The maximum absolute atomic E-state index is 5.86. The highest BCUT2D eigenvalue weighted by atomic mass is 32.1. The zero-order valence-corrected chi connectivity index (χ0v) is 19.4. The first-order chi connectivity index (χ1) is 12.8. The Hall–Kier alpha value is -1.30. The van der Waals surface area contributed by atoms with E-state index in [2.05, 4.69) is 62.7 Å². The fourth-order valence-electron chi connectivity index (χ4n) is 3.28. The summed E-state index contributed by atoms with van der Waals surface area (Å²) in [5, 5.41) is 4.25. The predicted octanol–water partition coefficient (Wildman–Crippen LogP) is 7.32. The SMILES string of the molecule is CCOc1ccsc1C(C)(C)c1ccc(C(C)(C)c2sccc2OCC)s1. The molecule has 0 saturated carbocycles. The Morgan fingerprint density at radius 2 is 1.11 bits per heavy atom. The number of rotatable bonds is 8. The first-order valence-corrected chi connectivity index (χ1v) is 11.9. The third-order valence-electron chi connectivity index (χ3n) is 4.83. The van der Waals surface area contributed by atoms with Crippen LogP contribution in [0.3, 0.4) is 0 Å². The van der Waals surface area contributed by atoms with Gasteiger partial charge in [0.1, 0.15) is 11.5 Å². The van der Waals surface area contributed by atoms with Crippen molar-refractivity contribution in [1.82, 2.24) is 0 Å². The molecule has 0 atom stereocenters. The van der Waals surface area contributed by atoms with Crippen molar-refractivity contribution in [1.29, 1.82) is 0 Å². The minimum absolute atomic E-state index is 0.0735. The van der Waals surface area contributed by atoms with Crippen molar-refractivity contribution in [2.24, 2.45) is 0 Å². The molecule has 0 fully saturated rings. The minimum Gasteiger partial charge on any atom is -0.493 e. The molecule has 3 aromatic heterocycles. The van der Waals surface area contributed by atoms with Crippen molar-refractivity contribution >= 4 is 34.0 Å². The molecule has 3 aromatic rings. The normalized spacial score (nSPS) is 12.4.